The quantitative estimate of drug-likeness (QED) is 0.857. The third-order valence-electron chi connectivity index (χ3n) is 3.08. The summed E-state index contributed by atoms with van der Waals surface area (Å²) in [6, 6.07) is 18.9. The van der Waals surface area contributed by atoms with Gasteiger partial charge in [0.1, 0.15) is 6.61 Å². The molecule has 1 atom stereocenters. The van der Waals surface area contributed by atoms with Gasteiger partial charge in [0.15, 0.2) is 0 Å². The number of aliphatic hydroxyl groups excluding tert-OH is 1. The normalized spacial score (nSPS) is 11.7. The lowest BCUT2D eigenvalue weighted by atomic mass is 10.1. The zero-order valence-electron chi connectivity index (χ0n) is 11.7. The van der Waals surface area contributed by atoms with Crippen LogP contribution in [-0.2, 0) is 11.3 Å². The molecule has 0 saturated carbocycles. The lowest BCUT2D eigenvalue weighted by Gasteiger charge is -2.11. The summed E-state index contributed by atoms with van der Waals surface area (Å²) in [6.07, 6.45) is -0.607. The van der Waals surface area contributed by atoms with E-state index in [0.29, 0.717) is 13.0 Å². The molecule has 0 aliphatic heterocycles. The molecule has 2 N–H and O–H groups in total. The molecule has 0 saturated heterocycles. The van der Waals surface area contributed by atoms with Gasteiger partial charge in [-0.15, -0.1) is 0 Å². The number of amides is 1. The Bertz CT molecular complexity index is 542. The highest BCUT2D eigenvalue weighted by Crippen LogP contribution is 2.14. The number of hydrogen-bond donors (Lipinski definition) is 2. The topological polar surface area (TPSA) is 58.6 Å². The molecule has 0 bridgehead atoms. The third-order valence-corrected chi connectivity index (χ3v) is 3.08. The van der Waals surface area contributed by atoms with Gasteiger partial charge < -0.3 is 15.2 Å². The van der Waals surface area contributed by atoms with Crippen molar-refractivity contribution in [2.45, 2.75) is 19.1 Å². The molecule has 0 fully saturated rings. The molecule has 2 aromatic rings. The van der Waals surface area contributed by atoms with Crippen LogP contribution in [0.3, 0.4) is 0 Å². The van der Waals surface area contributed by atoms with Gasteiger partial charge in [0.2, 0.25) is 0 Å². The average Bonchev–Trinajstić information content (AvgIpc) is 2.54. The molecule has 21 heavy (non-hydrogen) atoms. The van der Waals surface area contributed by atoms with Gasteiger partial charge in [-0.3, -0.25) is 0 Å². The molecule has 0 spiro atoms. The fraction of sp³-hybridized carbons (Fsp3) is 0.235. The first-order valence-corrected chi connectivity index (χ1v) is 6.93. The van der Waals surface area contributed by atoms with Gasteiger partial charge in [0.05, 0.1) is 6.10 Å². The predicted octanol–water partition coefficient (Wildman–Crippen LogP) is 3.04. The summed E-state index contributed by atoms with van der Waals surface area (Å²) in [7, 11) is 0. The maximum absolute atomic E-state index is 11.5. The minimum absolute atomic E-state index is 0.244. The fourth-order valence-corrected chi connectivity index (χ4v) is 1.93. The predicted molar refractivity (Wildman–Crippen MR) is 80.6 cm³/mol. The second kappa shape index (κ2) is 8.07. The summed E-state index contributed by atoms with van der Waals surface area (Å²) in [5.41, 5.74) is 1.79. The summed E-state index contributed by atoms with van der Waals surface area (Å²) >= 11 is 0. The van der Waals surface area contributed by atoms with E-state index in [1.165, 1.54) is 0 Å². The van der Waals surface area contributed by atoms with Gasteiger partial charge in [0.25, 0.3) is 0 Å². The molecular formula is C17H19NO3. The van der Waals surface area contributed by atoms with E-state index in [2.05, 4.69) is 5.32 Å². The van der Waals surface area contributed by atoms with E-state index in [1.807, 2.05) is 60.7 Å². The molecular weight excluding hydrogens is 266 g/mol. The third kappa shape index (κ3) is 5.28. The first kappa shape index (κ1) is 15.1. The van der Waals surface area contributed by atoms with Gasteiger partial charge in [-0.1, -0.05) is 60.7 Å². The van der Waals surface area contributed by atoms with E-state index >= 15 is 0 Å². The first-order chi connectivity index (χ1) is 10.3. The molecule has 2 aromatic carbocycles. The Morgan fingerprint density at radius 2 is 1.67 bits per heavy atom. The highest BCUT2D eigenvalue weighted by Gasteiger charge is 2.08. The number of alkyl carbamates (subject to hydrolysis) is 1. The average molecular weight is 285 g/mol. The van der Waals surface area contributed by atoms with Crippen molar-refractivity contribution in [3.63, 3.8) is 0 Å². The summed E-state index contributed by atoms with van der Waals surface area (Å²) in [4.78, 5) is 11.5. The number of carbonyl (C=O) groups is 1. The molecule has 0 aliphatic rings. The summed E-state index contributed by atoms with van der Waals surface area (Å²) < 4.78 is 5.08. The highest BCUT2D eigenvalue weighted by molar-refractivity contribution is 5.67. The molecule has 110 valence electrons. The number of ether oxygens (including phenoxy) is 1. The molecule has 0 unspecified atom stereocenters. The Hall–Kier alpha value is -2.33. The Morgan fingerprint density at radius 1 is 1.05 bits per heavy atom. The standard InChI is InChI=1S/C17H19NO3/c19-16(15-9-5-2-6-10-15)11-12-18-17(20)21-13-14-7-3-1-4-8-14/h1-10,16,19H,11-13H2,(H,18,20)/t16-/m1/s1. The minimum atomic E-state index is -0.583. The number of carbonyl (C=O) groups excluding carboxylic acids is 1. The van der Waals surface area contributed by atoms with Crippen molar-refractivity contribution in [1.82, 2.24) is 5.32 Å². The Kier molecular flexibility index (Phi) is 5.79. The summed E-state index contributed by atoms with van der Waals surface area (Å²) in [5, 5.41) is 12.6. The lowest BCUT2D eigenvalue weighted by Crippen LogP contribution is -2.26. The van der Waals surface area contributed by atoms with Gasteiger partial charge >= 0.3 is 6.09 Å². The second-order valence-corrected chi connectivity index (χ2v) is 4.70. The number of nitrogens with one attached hydrogen (secondary N) is 1. The maximum Gasteiger partial charge on any atom is 0.407 e. The smallest absolute Gasteiger partial charge is 0.407 e. The maximum atomic E-state index is 11.5. The molecule has 0 aliphatic carbocycles. The van der Waals surface area contributed by atoms with E-state index < -0.39 is 12.2 Å². The van der Waals surface area contributed by atoms with E-state index in [4.69, 9.17) is 4.74 Å². The molecule has 4 heteroatoms. The van der Waals surface area contributed by atoms with Crippen LogP contribution in [0.4, 0.5) is 4.79 Å². The largest absolute Gasteiger partial charge is 0.445 e. The van der Waals surface area contributed by atoms with Gasteiger partial charge in [-0.25, -0.2) is 4.79 Å². The van der Waals surface area contributed by atoms with E-state index in [0.717, 1.165) is 11.1 Å². The Balaban J connectivity index is 1.65. The second-order valence-electron chi connectivity index (χ2n) is 4.70. The first-order valence-electron chi connectivity index (χ1n) is 6.93. The molecule has 0 aromatic heterocycles. The number of aliphatic hydroxyl groups is 1. The van der Waals surface area contributed by atoms with Crippen LogP contribution >= 0.6 is 0 Å². The van der Waals surface area contributed by atoms with Gasteiger partial charge in [0, 0.05) is 6.54 Å². The fourth-order valence-electron chi connectivity index (χ4n) is 1.93. The van der Waals surface area contributed by atoms with Crippen LogP contribution in [0, 0.1) is 0 Å². The van der Waals surface area contributed by atoms with E-state index in [1.54, 1.807) is 0 Å². The van der Waals surface area contributed by atoms with Crippen molar-refractivity contribution in [2.75, 3.05) is 6.54 Å². The van der Waals surface area contributed by atoms with Crippen LogP contribution in [0.15, 0.2) is 60.7 Å². The Morgan fingerprint density at radius 3 is 2.33 bits per heavy atom. The molecule has 2 rings (SSSR count). The molecule has 0 radical (unpaired) electrons. The molecule has 0 heterocycles. The zero-order valence-corrected chi connectivity index (χ0v) is 11.7. The van der Waals surface area contributed by atoms with Gasteiger partial charge in [-0.2, -0.15) is 0 Å². The van der Waals surface area contributed by atoms with E-state index in [-0.39, 0.29) is 6.61 Å². The van der Waals surface area contributed by atoms with Crippen molar-refractivity contribution in [3.8, 4) is 0 Å². The monoisotopic (exact) mass is 285 g/mol. The SMILES string of the molecule is O=C(NCC[C@@H](O)c1ccccc1)OCc1ccccc1. The van der Waals surface area contributed by atoms with Crippen LogP contribution < -0.4 is 5.32 Å². The van der Waals surface area contributed by atoms with Crippen molar-refractivity contribution < 1.29 is 14.6 Å². The minimum Gasteiger partial charge on any atom is -0.445 e. The van der Waals surface area contributed by atoms with Crippen molar-refractivity contribution in [2.24, 2.45) is 0 Å². The van der Waals surface area contributed by atoms with E-state index in [9.17, 15) is 9.90 Å². The van der Waals surface area contributed by atoms with Crippen LogP contribution in [-0.4, -0.2) is 17.7 Å². The zero-order chi connectivity index (χ0) is 14.9. The van der Waals surface area contributed by atoms with Crippen molar-refractivity contribution in [1.29, 1.82) is 0 Å². The molecule has 1 amide bonds. The number of hydrogen-bond acceptors (Lipinski definition) is 3. The lowest BCUT2D eigenvalue weighted by molar-refractivity contribution is 0.133. The summed E-state index contributed by atoms with van der Waals surface area (Å²) in [5.74, 6) is 0. The molecule has 4 nitrogen and oxygen atoms in total. The Labute approximate surface area is 124 Å². The van der Waals surface area contributed by atoms with Crippen LogP contribution in [0.5, 0.6) is 0 Å². The highest BCUT2D eigenvalue weighted by atomic mass is 16.5. The van der Waals surface area contributed by atoms with Crippen LogP contribution in [0.25, 0.3) is 0 Å². The number of benzene rings is 2. The van der Waals surface area contributed by atoms with Crippen molar-refractivity contribution >= 4 is 6.09 Å². The van der Waals surface area contributed by atoms with Crippen LogP contribution in [0.2, 0.25) is 0 Å². The summed E-state index contributed by atoms with van der Waals surface area (Å²) in [6.45, 7) is 0.609. The van der Waals surface area contributed by atoms with Gasteiger partial charge in [-0.05, 0) is 17.5 Å². The van der Waals surface area contributed by atoms with Crippen molar-refractivity contribution in [3.05, 3.63) is 71.8 Å². The van der Waals surface area contributed by atoms with Crippen LogP contribution in [0.1, 0.15) is 23.7 Å². The number of rotatable bonds is 6.